The maximum absolute atomic E-state index is 9.49. The molecule has 0 amide bonds. The zero-order valence-corrected chi connectivity index (χ0v) is 11.4. The van der Waals surface area contributed by atoms with Crippen molar-refractivity contribution >= 4 is 49.7 Å². The van der Waals surface area contributed by atoms with Gasteiger partial charge in [-0.1, -0.05) is 26.7 Å². The Labute approximate surface area is 119 Å². The van der Waals surface area contributed by atoms with E-state index >= 15 is 0 Å². The molecule has 88 valence electrons. The van der Waals surface area contributed by atoms with Crippen LogP contribution in [0.15, 0.2) is 0 Å². The van der Waals surface area contributed by atoms with E-state index in [4.69, 9.17) is 0 Å². The zero-order chi connectivity index (χ0) is 9.98. The predicted molar refractivity (Wildman–Crippen MR) is 52.8 cm³/mol. The van der Waals surface area contributed by atoms with Crippen LogP contribution in [0.4, 0.5) is 0 Å². The average molecular weight is 250 g/mol. The van der Waals surface area contributed by atoms with Gasteiger partial charge in [0.25, 0.3) is 0 Å². The Hall–Kier alpha value is 0.120. The Balaban J connectivity index is -0.0000000370. The molecule has 0 heterocycles. The second-order valence-corrected chi connectivity index (χ2v) is 2.24. The predicted octanol–water partition coefficient (Wildman–Crippen LogP) is -2.96. The molecule has 0 bridgehead atoms. The van der Waals surface area contributed by atoms with Crippen LogP contribution in [0.2, 0.25) is 0 Å². The minimum Gasteiger partial charge on any atom is -0.550 e. The molecule has 0 aliphatic carbocycles. The van der Waals surface area contributed by atoms with Gasteiger partial charge in [-0.15, -0.1) is 0 Å². The first-order valence-electron chi connectivity index (χ1n) is 3.94. The summed E-state index contributed by atoms with van der Waals surface area (Å²) in [6.07, 6.45) is 1.70. The molecule has 6 nitrogen and oxygen atoms in total. The number of carbonyl (C=O) groups is 2. The van der Waals surface area contributed by atoms with Crippen molar-refractivity contribution in [2.75, 3.05) is 0 Å². The monoisotopic (exact) mass is 250 g/mol. The van der Waals surface area contributed by atoms with E-state index in [-0.39, 0.29) is 61.5 Å². The van der Waals surface area contributed by atoms with Crippen LogP contribution in [0.1, 0.15) is 39.5 Å². The van der Waals surface area contributed by atoms with Crippen molar-refractivity contribution in [2.24, 2.45) is 0 Å². The van der Waals surface area contributed by atoms with Gasteiger partial charge in [-0.05, 0) is 12.8 Å². The maximum Gasteiger partial charge on any atom is 2.00 e. The summed E-state index contributed by atoms with van der Waals surface area (Å²) < 4.78 is 0. The van der Waals surface area contributed by atoms with Crippen LogP contribution in [0, 0.1) is 0 Å². The van der Waals surface area contributed by atoms with Crippen molar-refractivity contribution in [1.29, 1.82) is 0 Å². The molecule has 0 aromatic carbocycles. The van der Waals surface area contributed by atoms with Gasteiger partial charge in [-0.3, -0.25) is 0 Å². The number of carboxylic acids is 2. The van der Waals surface area contributed by atoms with Gasteiger partial charge in [0, 0.05) is 11.9 Å². The average Bonchev–Trinajstić information content (AvgIpc) is 1.87. The molecule has 0 aliphatic heterocycles. The van der Waals surface area contributed by atoms with E-state index in [1.54, 1.807) is 13.8 Å². The van der Waals surface area contributed by atoms with Gasteiger partial charge in [-0.25, -0.2) is 0 Å². The van der Waals surface area contributed by atoms with E-state index < -0.39 is 11.9 Å². The van der Waals surface area contributed by atoms with Gasteiger partial charge in [-0.2, -0.15) is 0 Å². The second kappa shape index (κ2) is 23.7. The normalized spacial score (nSPS) is 6.53. The fourth-order valence-electron chi connectivity index (χ4n) is 0.408. The van der Waals surface area contributed by atoms with Crippen molar-refractivity contribution in [3.8, 4) is 0 Å². The molecule has 0 rings (SSSR count). The van der Waals surface area contributed by atoms with Crippen LogP contribution in [0.5, 0.6) is 0 Å². The van der Waals surface area contributed by atoms with Gasteiger partial charge in [0.1, 0.15) is 0 Å². The number of carboxylic acid groups (broad SMARTS) is 2. The standard InChI is InChI=1S/2C4H8O2.Ca.2H2O/c2*1-2-3-4(5)6;;;/h2*2-3H2,1H3,(H,5,6);;2*1H2/q;;+2;;/p-2. The summed E-state index contributed by atoms with van der Waals surface area (Å²) in [4.78, 5) is 19.0. The third-order valence-corrected chi connectivity index (χ3v) is 0.908. The maximum atomic E-state index is 9.49. The molecule has 0 aliphatic rings. The van der Waals surface area contributed by atoms with Crippen LogP contribution in [0.25, 0.3) is 0 Å². The van der Waals surface area contributed by atoms with E-state index in [9.17, 15) is 19.8 Å². The van der Waals surface area contributed by atoms with Crippen LogP contribution < -0.4 is 10.2 Å². The molecular formula is C8H18CaO6. The van der Waals surface area contributed by atoms with Gasteiger partial charge in [0.05, 0.1) is 0 Å². The molecule has 0 fully saturated rings. The van der Waals surface area contributed by atoms with Crippen molar-refractivity contribution in [3.63, 3.8) is 0 Å². The summed E-state index contributed by atoms with van der Waals surface area (Å²) >= 11 is 0. The summed E-state index contributed by atoms with van der Waals surface area (Å²) in [6.45, 7) is 3.60. The molecule has 0 spiro atoms. The summed E-state index contributed by atoms with van der Waals surface area (Å²) in [5, 5.41) is 19.0. The summed E-state index contributed by atoms with van der Waals surface area (Å²) in [7, 11) is 0. The molecule has 0 saturated carbocycles. The quantitative estimate of drug-likeness (QED) is 0.491. The van der Waals surface area contributed by atoms with Gasteiger partial charge in [0.2, 0.25) is 0 Å². The Morgan fingerprint density at radius 1 is 0.867 bits per heavy atom. The zero-order valence-electron chi connectivity index (χ0n) is 9.17. The topological polar surface area (TPSA) is 143 Å². The first-order chi connectivity index (χ1) is 5.54. The van der Waals surface area contributed by atoms with Crippen molar-refractivity contribution < 1.29 is 30.8 Å². The Morgan fingerprint density at radius 3 is 1.07 bits per heavy atom. The molecule has 0 aromatic rings. The van der Waals surface area contributed by atoms with E-state index in [2.05, 4.69) is 0 Å². The van der Waals surface area contributed by atoms with Gasteiger partial charge in [0.15, 0.2) is 0 Å². The SMILES string of the molecule is CCCC(=O)[O-].CCCC(=O)[O-].O.O.[Ca+2]. The van der Waals surface area contributed by atoms with Gasteiger partial charge >= 0.3 is 37.7 Å². The Kier molecular flexibility index (Phi) is 46.6. The fraction of sp³-hybridized carbons (Fsp3) is 0.750. The van der Waals surface area contributed by atoms with Gasteiger partial charge < -0.3 is 30.8 Å². The van der Waals surface area contributed by atoms with Crippen LogP contribution >= 0.6 is 0 Å². The molecular weight excluding hydrogens is 232 g/mol. The third kappa shape index (κ3) is 55.4. The molecule has 0 saturated heterocycles. The fourth-order valence-corrected chi connectivity index (χ4v) is 0.408. The number of rotatable bonds is 4. The molecule has 0 aromatic heterocycles. The van der Waals surface area contributed by atoms with Crippen molar-refractivity contribution in [2.45, 2.75) is 39.5 Å². The smallest absolute Gasteiger partial charge is 0.550 e. The number of hydrogen-bond acceptors (Lipinski definition) is 4. The minimum atomic E-state index is -0.961. The van der Waals surface area contributed by atoms with E-state index in [1.807, 2.05) is 0 Å². The molecule has 0 unspecified atom stereocenters. The molecule has 4 N–H and O–H groups in total. The first-order valence-corrected chi connectivity index (χ1v) is 3.94. The Morgan fingerprint density at radius 2 is 1.07 bits per heavy atom. The number of carbonyl (C=O) groups excluding carboxylic acids is 2. The largest absolute Gasteiger partial charge is 2.00 e. The molecule has 0 atom stereocenters. The first kappa shape index (κ1) is 29.4. The van der Waals surface area contributed by atoms with E-state index in [0.717, 1.165) is 0 Å². The van der Waals surface area contributed by atoms with E-state index in [1.165, 1.54) is 0 Å². The van der Waals surface area contributed by atoms with Crippen molar-refractivity contribution in [3.05, 3.63) is 0 Å². The van der Waals surface area contributed by atoms with Crippen LogP contribution in [-0.2, 0) is 9.59 Å². The minimum absolute atomic E-state index is 0. The van der Waals surface area contributed by atoms with E-state index in [0.29, 0.717) is 12.8 Å². The second-order valence-electron chi connectivity index (χ2n) is 2.24. The number of aliphatic carboxylic acids is 2. The van der Waals surface area contributed by atoms with Crippen LogP contribution in [0.3, 0.4) is 0 Å². The summed E-state index contributed by atoms with van der Waals surface area (Å²) in [6, 6.07) is 0. The van der Waals surface area contributed by atoms with Crippen molar-refractivity contribution in [1.82, 2.24) is 0 Å². The molecule has 0 radical (unpaired) electrons. The molecule has 7 heteroatoms. The summed E-state index contributed by atoms with van der Waals surface area (Å²) in [5.74, 6) is -1.92. The molecule has 15 heavy (non-hydrogen) atoms. The third-order valence-electron chi connectivity index (χ3n) is 0.908. The number of hydrogen-bond donors (Lipinski definition) is 0. The van der Waals surface area contributed by atoms with Crippen LogP contribution in [-0.4, -0.2) is 60.6 Å². The Bertz CT molecular complexity index is 123. The summed E-state index contributed by atoms with van der Waals surface area (Å²) in [5.41, 5.74) is 0.